The smallest absolute Gasteiger partial charge is 0.251 e. The Kier molecular flexibility index (Phi) is 3.53. The molecule has 2 unspecified atom stereocenters. The first-order valence-corrected chi connectivity index (χ1v) is 6.98. The molecule has 1 aromatic carbocycles. The minimum atomic E-state index is 0.0234. The minimum Gasteiger partial charge on any atom is -0.372 e. The average molecular weight is 260 g/mol. The van der Waals surface area contributed by atoms with Gasteiger partial charge < -0.3 is 15.4 Å². The minimum absolute atomic E-state index is 0.0234. The summed E-state index contributed by atoms with van der Waals surface area (Å²) in [6.45, 7) is 4.46. The number of amides is 1. The van der Waals surface area contributed by atoms with Crippen LogP contribution < -0.4 is 10.6 Å². The van der Waals surface area contributed by atoms with E-state index in [-0.39, 0.29) is 11.9 Å². The second kappa shape index (κ2) is 5.31. The lowest BCUT2D eigenvalue weighted by Gasteiger charge is -2.30. The lowest BCUT2D eigenvalue weighted by molar-refractivity contribution is 0.0919. The van der Waals surface area contributed by atoms with Crippen molar-refractivity contribution in [3.05, 3.63) is 34.9 Å². The molecule has 2 atom stereocenters. The van der Waals surface area contributed by atoms with Crippen LogP contribution in [0.4, 0.5) is 0 Å². The van der Waals surface area contributed by atoms with Crippen LogP contribution in [0.3, 0.4) is 0 Å². The molecular weight excluding hydrogens is 240 g/mol. The molecule has 2 N–H and O–H groups in total. The Bertz CT molecular complexity index is 487. The molecule has 0 aromatic heterocycles. The first-order chi connectivity index (χ1) is 9.24. The fraction of sp³-hybridized carbons (Fsp3) is 0.533. The van der Waals surface area contributed by atoms with Crippen molar-refractivity contribution in [2.45, 2.75) is 45.1 Å². The summed E-state index contributed by atoms with van der Waals surface area (Å²) in [6, 6.07) is 6.42. The molecule has 1 aromatic rings. The van der Waals surface area contributed by atoms with E-state index in [4.69, 9.17) is 4.74 Å². The van der Waals surface area contributed by atoms with Gasteiger partial charge >= 0.3 is 0 Å². The van der Waals surface area contributed by atoms with E-state index in [0.29, 0.717) is 19.3 Å². The maximum Gasteiger partial charge on any atom is 0.251 e. The molecule has 0 aliphatic carbocycles. The Morgan fingerprint density at radius 3 is 3.05 bits per heavy atom. The van der Waals surface area contributed by atoms with Crippen LogP contribution in [0.15, 0.2) is 18.2 Å². The molecule has 19 heavy (non-hydrogen) atoms. The Morgan fingerprint density at radius 2 is 2.21 bits per heavy atom. The second-order valence-electron chi connectivity index (χ2n) is 5.44. The highest BCUT2D eigenvalue weighted by Gasteiger charge is 2.23. The molecule has 0 spiro atoms. The summed E-state index contributed by atoms with van der Waals surface area (Å²) >= 11 is 0. The van der Waals surface area contributed by atoms with Gasteiger partial charge in [0.05, 0.1) is 13.2 Å². The average Bonchev–Trinajstić information content (AvgIpc) is 2.88. The van der Waals surface area contributed by atoms with Crippen LogP contribution in [0.5, 0.6) is 0 Å². The Balaban J connectivity index is 1.70. The zero-order chi connectivity index (χ0) is 13.2. The van der Waals surface area contributed by atoms with Crippen LogP contribution in [0.2, 0.25) is 0 Å². The molecule has 4 heteroatoms. The Morgan fingerprint density at radius 1 is 1.37 bits per heavy atom. The lowest BCUT2D eigenvalue weighted by atomic mass is 9.99. The van der Waals surface area contributed by atoms with E-state index < -0.39 is 0 Å². The summed E-state index contributed by atoms with van der Waals surface area (Å²) in [5, 5.41) is 6.53. The van der Waals surface area contributed by atoms with Gasteiger partial charge in [0.15, 0.2) is 0 Å². The normalized spacial score (nSPS) is 25.9. The second-order valence-corrected chi connectivity index (χ2v) is 5.44. The summed E-state index contributed by atoms with van der Waals surface area (Å²) in [5.74, 6) is 0.0234. The quantitative estimate of drug-likeness (QED) is 0.849. The Labute approximate surface area is 113 Å². The van der Waals surface area contributed by atoms with Crippen LogP contribution in [0.1, 0.15) is 41.3 Å². The molecule has 2 aliphatic heterocycles. The van der Waals surface area contributed by atoms with E-state index in [1.165, 1.54) is 5.56 Å². The van der Waals surface area contributed by atoms with Crippen molar-refractivity contribution in [3.63, 3.8) is 0 Å². The maximum atomic E-state index is 12.3. The van der Waals surface area contributed by atoms with E-state index in [0.717, 1.165) is 30.5 Å². The first-order valence-electron chi connectivity index (χ1n) is 6.98. The number of hydrogen-bond acceptors (Lipinski definition) is 3. The summed E-state index contributed by atoms with van der Waals surface area (Å²) in [4.78, 5) is 12.3. The SMILES string of the molecule is CC1NCCCC1NC(=O)c1ccc2c(c1)COC2. The number of ether oxygens (including phenoxy) is 1. The highest BCUT2D eigenvalue weighted by molar-refractivity contribution is 5.94. The van der Waals surface area contributed by atoms with Gasteiger partial charge in [-0.15, -0.1) is 0 Å². The van der Waals surface area contributed by atoms with Gasteiger partial charge in [-0.25, -0.2) is 0 Å². The number of rotatable bonds is 2. The van der Waals surface area contributed by atoms with Gasteiger partial charge in [0, 0.05) is 17.6 Å². The van der Waals surface area contributed by atoms with Crippen LogP contribution >= 0.6 is 0 Å². The zero-order valence-corrected chi connectivity index (χ0v) is 11.2. The molecule has 0 saturated carbocycles. The molecule has 0 radical (unpaired) electrons. The number of fused-ring (bicyclic) bond motifs is 1. The van der Waals surface area contributed by atoms with Crippen molar-refractivity contribution in [3.8, 4) is 0 Å². The Hall–Kier alpha value is -1.39. The van der Waals surface area contributed by atoms with Crippen molar-refractivity contribution < 1.29 is 9.53 Å². The van der Waals surface area contributed by atoms with E-state index in [1.807, 2.05) is 18.2 Å². The topological polar surface area (TPSA) is 50.4 Å². The largest absolute Gasteiger partial charge is 0.372 e. The predicted octanol–water partition coefficient (Wildman–Crippen LogP) is 1.59. The third-order valence-corrected chi connectivity index (χ3v) is 4.06. The van der Waals surface area contributed by atoms with Gasteiger partial charge in [-0.2, -0.15) is 0 Å². The summed E-state index contributed by atoms with van der Waals surface area (Å²) in [7, 11) is 0. The molecule has 0 bridgehead atoms. The monoisotopic (exact) mass is 260 g/mol. The summed E-state index contributed by atoms with van der Waals surface area (Å²) < 4.78 is 5.37. The molecule has 1 fully saturated rings. The molecule has 102 valence electrons. The van der Waals surface area contributed by atoms with Crippen molar-refractivity contribution in [1.82, 2.24) is 10.6 Å². The van der Waals surface area contributed by atoms with Gasteiger partial charge in [-0.1, -0.05) is 6.07 Å². The highest BCUT2D eigenvalue weighted by Crippen LogP contribution is 2.21. The molecule has 2 aliphatic rings. The fourth-order valence-corrected chi connectivity index (χ4v) is 2.81. The van der Waals surface area contributed by atoms with E-state index in [2.05, 4.69) is 17.6 Å². The van der Waals surface area contributed by atoms with Crippen LogP contribution in [0.25, 0.3) is 0 Å². The molecule has 1 saturated heterocycles. The zero-order valence-electron chi connectivity index (χ0n) is 11.2. The van der Waals surface area contributed by atoms with Gasteiger partial charge in [0.1, 0.15) is 0 Å². The van der Waals surface area contributed by atoms with E-state index >= 15 is 0 Å². The third-order valence-electron chi connectivity index (χ3n) is 4.06. The van der Waals surface area contributed by atoms with Crippen molar-refractivity contribution in [2.75, 3.05) is 6.54 Å². The van der Waals surface area contributed by atoms with Gasteiger partial charge in [-0.05, 0) is 49.6 Å². The van der Waals surface area contributed by atoms with Gasteiger partial charge in [0.2, 0.25) is 0 Å². The van der Waals surface area contributed by atoms with Crippen molar-refractivity contribution in [1.29, 1.82) is 0 Å². The lowest BCUT2D eigenvalue weighted by Crippen LogP contribution is -2.51. The van der Waals surface area contributed by atoms with Gasteiger partial charge in [-0.3, -0.25) is 4.79 Å². The number of hydrogen-bond donors (Lipinski definition) is 2. The number of carbonyl (C=O) groups excluding carboxylic acids is 1. The standard InChI is InChI=1S/C15H20N2O2/c1-10-14(3-2-6-16-10)17-15(18)11-4-5-12-8-19-9-13(12)7-11/h4-5,7,10,14,16H,2-3,6,8-9H2,1H3,(H,17,18). The number of nitrogens with one attached hydrogen (secondary N) is 2. The highest BCUT2D eigenvalue weighted by atomic mass is 16.5. The third kappa shape index (κ3) is 2.65. The van der Waals surface area contributed by atoms with Crippen molar-refractivity contribution in [2.24, 2.45) is 0 Å². The molecule has 1 amide bonds. The first kappa shape index (κ1) is 12.6. The number of benzene rings is 1. The molecule has 4 nitrogen and oxygen atoms in total. The van der Waals surface area contributed by atoms with Crippen LogP contribution in [0, 0.1) is 0 Å². The van der Waals surface area contributed by atoms with Crippen molar-refractivity contribution >= 4 is 5.91 Å². The fourth-order valence-electron chi connectivity index (χ4n) is 2.81. The van der Waals surface area contributed by atoms with E-state index in [1.54, 1.807) is 0 Å². The molecule has 3 rings (SSSR count). The molecular formula is C15H20N2O2. The maximum absolute atomic E-state index is 12.3. The molecule has 2 heterocycles. The van der Waals surface area contributed by atoms with E-state index in [9.17, 15) is 4.79 Å². The predicted molar refractivity (Wildman–Crippen MR) is 72.9 cm³/mol. The summed E-state index contributed by atoms with van der Waals surface area (Å²) in [5.41, 5.74) is 3.08. The van der Waals surface area contributed by atoms with Gasteiger partial charge in [0.25, 0.3) is 5.91 Å². The number of carbonyl (C=O) groups is 1. The van der Waals surface area contributed by atoms with Crippen LogP contribution in [-0.2, 0) is 18.0 Å². The van der Waals surface area contributed by atoms with Crippen LogP contribution in [-0.4, -0.2) is 24.5 Å². The summed E-state index contributed by atoms with van der Waals surface area (Å²) in [6.07, 6.45) is 2.17. The number of piperidine rings is 1.